The lowest BCUT2D eigenvalue weighted by molar-refractivity contribution is -0.184. The molecule has 1 aliphatic heterocycles. The molecule has 2 rings (SSSR count). The van der Waals surface area contributed by atoms with Crippen LogP contribution in [0.15, 0.2) is 28.7 Å². The average molecular weight is 286 g/mol. The largest absolute Gasteiger partial charge is 0.481 e. The first-order valence-corrected chi connectivity index (χ1v) is 5.68. The standard InChI is InChI=1S/C11H12BrNO3/c12-8-4-2-1-3-7(8)9(13)11(10(14)15)5-16-6-11/h1-4,9H,5-6,13H2,(H,14,15). The van der Waals surface area contributed by atoms with E-state index in [9.17, 15) is 9.90 Å². The van der Waals surface area contributed by atoms with Crippen LogP contribution in [0.5, 0.6) is 0 Å². The number of nitrogens with two attached hydrogens (primary N) is 1. The molecule has 1 aromatic carbocycles. The van der Waals surface area contributed by atoms with E-state index in [1.54, 1.807) is 0 Å². The van der Waals surface area contributed by atoms with Crippen LogP contribution in [0, 0.1) is 5.41 Å². The van der Waals surface area contributed by atoms with Gasteiger partial charge in [0.15, 0.2) is 0 Å². The molecule has 16 heavy (non-hydrogen) atoms. The highest BCUT2D eigenvalue weighted by molar-refractivity contribution is 9.10. The van der Waals surface area contributed by atoms with Crippen LogP contribution in [0.25, 0.3) is 0 Å². The van der Waals surface area contributed by atoms with Crippen molar-refractivity contribution < 1.29 is 14.6 Å². The number of ether oxygens (including phenoxy) is 1. The van der Waals surface area contributed by atoms with Gasteiger partial charge < -0.3 is 15.6 Å². The molecule has 0 spiro atoms. The van der Waals surface area contributed by atoms with E-state index in [4.69, 9.17) is 10.5 Å². The molecule has 0 amide bonds. The number of aliphatic carboxylic acids is 1. The van der Waals surface area contributed by atoms with E-state index in [-0.39, 0.29) is 13.2 Å². The fourth-order valence-corrected chi connectivity index (χ4v) is 2.31. The summed E-state index contributed by atoms with van der Waals surface area (Å²) in [4.78, 5) is 11.3. The van der Waals surface area contributed by atoms with Gasteiger partial charge in [-0.25, -0.2) is 0 Å². The van der Waals surface area contributed by atoms with Gasteiger partial charge in [0, 0.05) is 4.47 Å². The van der Waals surface area contributed by atoms with Crippen molar-refractivity contribution in [2.75, 3.05) is 13.2 Å². The van der Waals surface area contributed by atoms with Gasteiger partial charge in [0.2, 0.25) is 0 Å². The highest BCUT2D eigenvalue weighted by atomic mass is 79.9. The number of hydrogen-bond donors (Lipinski definition) is 2. The van der Waals surface area contributed by atoms with E-state index < -0.39 is 17.4 Å². The maximum absolute atomic E-state index is 11.3. The Hall–Kier alpha value is -0.910. The molecule has 1 aliphatic rings. The lowest BCUT2D eigenvalue weighted by Crippen LogP contribution is -2.55. The number of carbonyl (C=O) groups is 1. The highest BCUT2D eigenvalue weighted by Crippen LogP contribution is 2.41. The number of carboxylic acids is 1. The summed E-state index contributed by atoms with van der Waals surface area (Å²) in [6, 6.07) is 6.83. The second kappa shape index (κ2) is 4.16. The van der Waals surface area contributed by atoms with Gasteiger partial charge in [-0.2, -0.15) is 0 Å². The summed E-state index contributed by atoms with van der Waals surface area (Å²) in [6.07, 6.45) is 0. The van der Waals surface area contributed by atoms with Crippen LogP contribution in [-0.4, -0.2) is 24.3 Å². The molecule has 4 nitrogen and oxygen atoms in total. The van der Waals surface area contributed by atoms with E-state index in [2.05, 4.69) is 15.9 Å². The molecule has 86 valence electrons. The molecule has 0 saturated carbocycles. The second-order valence-electron chi connectivity index (χ2n) is 3.95. The van der Waals surface area contributed by atoms with E-state index in [1.807, 2.05) is 24.3 Å². The third-order valence-corrected chi connectivity index (χ3v) is 3.70. The maximum Gasteiger partial charge on any atom is 0.316 e. The van der Waals surface area contributed by atoms with E-state index >= 15 is 0 Å². The number of carboxylic acid groups (broad SMARTS) is 1. The van der Waals surface area contributed by atoms with Crippen molar-refractivity contribution in [3.63, 3.8) is 0 Å². The minimum absolute atomic E-state index is 0.171. The Morgan fingerprint density at radius 2 is 2.12 bits per heavy atom. The topological polar surface area (TPSA) is 72.6 Å². The van der Waals surface area contributed by atoms with Crippen molar-refractivity contribution >= 4 is 21.9 Å². The lowest BCUT2D eigenvalue weighted by atomic mass is 9.76. The van der Waals surface area contributed by atoms with Crippen LogP contribution in [0.2, 0.25) is 0 Å². The first kappa shape index (κ1) is 11.6. The van der Waals surface area contributed by atoms with E-state index in [1.165, 1.54) is 0 Å². The first-order chi connectivity index (χ1) is 7.58. The number of hydrogen-bond acceptors (Lipinski definition) is 3. The molecule has 0 radical (unpaired) electrons. The molecule has 0 aromatic heterocycles. The van der Waals surface area contributed by atoms with Gasteiger partial charge in [0.05, 0.1) is 19.3 Å². The Balaban J connectivity index is 2.35. The predicted molar refractivity (Wildman–Crippen MR) is 62.0 cm³/mol. The van der Waals surface area contributed by atoms with Gasteiger partial charge in [-0.15, -0.1) is 0 Å². The molecule has 1 saturated heterocycles. The molecule has 1 heterocycles. The van der Waals surface area contributed by atoms with Crippen molar-refractivity contribution in [1.82, 2.24) is 0 Å². The fraction of sp³-hybridized carbons (Fsp3) is 0.364. The SMILES string of the molecule is NC(c1ccccc1Br)C1(C(=O)O)COC1. The summed E-state index contributed by atoms with van der Waals surface area (Å²) in [7, 11) is 0. The Morgan fingerprint density at radius 1 is 1.50 bits per heavy atom. The zero-order valence-corrected chi connectivity index (χ0v) is 10.1. The third-order valence-electron chi connectivity index (χ3n) is 2.98. The Kier molecular flexibility index (Phi) is 3.01. The fourth-order valence-electron chi connectivity index (χ4n) is 1.78. The minimum atomic E-state index is -0.982. The second-order valence-corrected chi connectivity index (χ2v) is 4.81. The van der Waals surface area contributed by atoms with Crippen LogP contribution < -0.4 is 5.73 Å². The van der Waals surface area contributed by atoms with Gasteiger partial charge in [0.25, 0.3) is 0 Å². The highest BCUT2D eigenvalue weighted by Gasteiger charge is 2.52. The summed E-state index contributed by atoms with van der Waals surface area (Å²) in [5.41, 5.74) is 5.86. The molecule has 1 aromatic rings. The van der Waals surface area contributed by atoms with Crippen LogP contribution in [0.1, 0.15) is 11.6 Å². The molecule has 3 N–H and O–H groups in total. The van der Waals surface area contributed by atoms with E-state index in [0.717, 1.165) is 10.0 Å². The summed E-state index contributed by atoms with van der Waals surface area (Å²) in [5.74, 6) is -0.901. The molecule has 5 heteroatoms. The summed E-state index contributed by atoms with van der Waals surface area (Å²) in [5, 5.41) is 9.23. The minimum Gasteiger partial charge on any atom is -0.481 e. The number of benzene rings is 1. The Labute approximate surface area is 102 Å². The maximum atomic E-state index is 11.3. The average Bonchev–Trinajstić information content (AvgIpc) is 2.15. The molecule has 0 aliphatic carbocycles. The van der Waals surface area contributed by atoms with Crippen molar-refractivity contribution in [2.45, 2.75) is 6.04 Å². The predicted octanol–water partition coefficient (Wildman–Crippen LogP) is 1.55. The van der Waals surface area contributed by atoms with Gasteiger partial charge in [-0.3, -0.25) is 4.79 Å². The smallest absolute Gasteiger partial charge is 0.316 e. The summed E-state index contributed by atoms with van der Waals surface area (Å²) in [6.45, 7) is 0.343. The Morgan fingerprint density at radius 3 is 2.56 bits per heavy atom. The first-order valence-electron chi connectivity index (χ1n) is 4.89. The third kappa shape index (κ3) is 1.65. The van der Waals surface area contributed by atoms with Crippen molar-refractivity contribution in [3.05, 3.63) is 34.3 Å². The molecule has 1 fully saturated rings. The van der Waals surface area contributed by atoms with Crippen LogP contribution in [-0.2, 0) is 9.53 Å². The Bertz CT molecular complexity index is 417. The van der Waals surface area contributed by atoms with Gasteiger partial charge in [0.1, 0.15) is 5.41 Å². The van der Waals surface area contributed by atoms with Gasteiger partial charge >= 0.3 is 5.97 Å². The van der Waals surface area contributed by atoms with Crippen LogP contribution in [0.3, 0.4) is 0 Å². The van der Waals surface area contributed by atoms with Gasteiger partial charge in [-0.05, 0) is 11.6 Å². The molecular formula is C11H12BrNO3. The number of halogens is 1. The van der Waals surface area contributed by atoms with Crippen LogP contribution in [0.4, 0.5) is 0 Å². The molecule has 1 unspecified atom stereocenters. The monoisotopic (exact) mass is 285 g/mol. The summed E-state index contributed by atoms with van der Waals surface area (Å²) >= 11 is 3.38. The normalized spacial score (nSPS) is 19.9. The molecular weight excluding hydrogens is 274 g/mol. The molecule has 1 atom stereocenters. The van der Waals surface area contributed by atoms with Gasteiger partial charge in [-0.1, -0.05) is 34.1 Å². The van der Waals surface area contributed by atoms with E-state index in [0.29, 0.717) is 0 Å². The lowest BCUT2D eigenvalue weighted by Gasteiger charge is -2.42. The van der Waals surface area contributed by atoms with Crippen LogP contribution >= 0.6 is 15.9 Å². The zero-order chi connectivity index (χ0) is 11.8. The zero-order valence-electron chi connectivity index (χ0n) is 8.52. The quantitative estimate of drug-likeness (QED) is 0.884. The van der Waals surface area contributed by atoms with Crippen molar-refractivity contribution in [1.29, 1.82) is 0 Å². The number of rotatable bonds is 3. The molecule has 0 bridgehead atoms. The van der Waals surface area contributed by atoms with Crippen molar-refractivity contribution in [2.24, 2.45) is 11.1 Å². The summed E-state index contributed by atoms with van der Waals surface area (Å²) < 4.78 is 5.83. The van der Waals surface area contributed by atoms with Crippen molar-refractivity contribution in [3.8, 4) is 0 Å².